The molecule has 2 bridgehead atoms. The van der Waals surface area contributed by atoms with Crippen molar-refractivity contribution in [2.75, 3.05) is 0 Å². The summed E-state index contributed by atoms with van der Waals surface area (Å²) in [5, 5.41) is 8.87. The van der Waals surface area contributed by atoms with E-state index in [1.807, 2.05) is 6.08 Å². The van der Waals surface area contributed by atoms with E-state index in [0.717, 1.165) is 6.42 Å². The lowest BCUT2D eigenvalue weighted by Gasteiger charge is -2.19. The molecule has 2 nitrogen and oxygen atoms in total. The van der Waals surface area contributed by atoms with Gasteiger partial charge in [-0.2, -0.15) is 12.6 Å². The fourth-order valence-corrected chi connectivity index (χ4v) is 2.69. The molecular weight excluding hydrogens is 160 g/mol. The summed E-state index contributed by atoms with van der Waals surface area (Å²) in [5.74, 6) is -0.278. The van der Waals surface area contributed by atoms with Crippen LogP contribution in [0.1, 0.15) is 6.42 Å². The van der Waals surface area contributed by atoms with Crippen LogP contribution in [0.25, 0.3) is 0 Å². The van der Waals surface area contributed by atoms with Gasteiger partial charge in [-0.15, -0.1) is 0 Å². The van der Waals surface area contributed by atoms with Gasteiger partial charge in [0.15, 0.2) is 0 Å². The third kappa shape index (κ3) is 0.906. The van der Waals surface area contributed by atoms with E-state index in [0.29, 0.717) is 5.92 Å². The number of hydrogen-bond acceptors (Lipinski definition) is 2. The van der Waals surface area contributed by atoms with Crippen LogP contribution in [0, 0.1) is 17.8 Å². The number of carbonyl (C=O) groups is 1. The zero-order chi connectivity index (χ0) is 8.01. The average Bonchev–Trinajstić information content (AvgIpc) is 2.44. The second kappa shape index (κ2) is 2.27. The Morgan fingerprint density at radius 3 is 2.45 bits per heavy atom. The summed E-state index contributed by atoms with van der Waals surface area (Å²) in [5.41, 5.74) is 0. The van der Waals surface area contributed by atoms with Crippen LogP contribution in [-0.2, 0) is 4.79 Å². The van der Waals surface area contributed by atoms with Gasteiger partial charge in [-0.05, 0) is 18.3 Å². The fraction of sp³-hybridized carbons (Fsp3) is 0.625. The molecule has 1 saturated carbocycles. The molecule has 3 heteroatoms. The Labute approximate surface area is 70.7 Å². The lowest BCUT2D eigenvalue weighted by molar-refractivity contribution is -0.142. The van der Waals surface area contributed by atoms with Crippen molar-refractivity contribution in [3.8, 4) is 0 Å². The lowest BCUT2D eigenvalue weighted by atomic mass is 9.93. The highest BCUT2D eigenvalue weighted by atomic mass is 32.1. The largest absolute Gasteiger partial charge is 0.481 e. The van der Waals surface area contributed by atoms with Crippen LogP contribution < -0.4 is 0 Å². The van der Waals surface area contributed by atoms with E-state index >= 15 is 0 Å². The Hall–Kier alpha value is -0.440. The fourth-order valence-electron chi connectivity index (χ4n) is 2.13. The van der Waals surface area contributed by atoms with Gasteiger partial charge in [0.05, 0.1) is 5.92 Å². The van der Waals surface area contributed by atoms with Crippen LogP contribution in [0.4, 0.5) is 0 Å². The van der Waals surface area contributed by atoms with Crippen molar-refractivity contribution in [2.45, 2.75) is 11.7 Å². The second-order valence-electron chi connectivity index (χ2n) is 3.30. The number of fused-ring (bicyclic) bond motifs is 2. The predicted octanol–water partition coefficient (Wildman–Crippen LogP) is 1.19. The van der Waals surface area contributed by atoms with E-state index < -0.39 is 5.97 Å². The van der Waals surface area contributed by atoms with Crippen molar-refractivity contribution >= 4 is 18.6 Å². The minimum atomic E-state index is -0.693. The third-order valence-corrected chi connectivity index (χ3v) is 3.41. The summed E-state index contributed by atoms with van der Waals surface area (Å²) in [6, 6.07) is 0. The summed E-state index contributed by atoms with van der Waals surface area (Å²) < 4.78 is 0. The molecule has 1 fully saturated rings. The number of allylic oxidation sites excluding steroid dienone is 2. The van der Waals surface area contributed by atoms with E-state index in [4.69, 9.17) is 5.11 Å². The van der Waals surface area contributed by atoms with Crippen LogP contribution in [0.2, 0.25) is 0 Å². The van der Waals surface area contributed by atoms with Crippen LogP contribution in [0.5, 0.6) is 0 Å². The topological polar surface area (TPSA) is 37.3 Å². The van der Waals surface area contributed by atoms with E-state index in [9.17, 15) is 4.79 Å². The summed E-state index contributed by atoms with van der Waals surface area (Å²) in [4.78, 5) is 10.7. The molecule has 4 atom stereocenters. The first kappa shape index (κ1) is 7.22. The SMILES string of the molecule is O=C(O)C1C2C=CC(C2)C1S. The minimum Gasteiger partial charge on any atom is -0.481 e. The maximum absolute atomic E-state index is 10.7. The van der Waals surface area contributed by atoms with Gasteiger partial charge >= 0.3 is 5.97 Å². The molecule has 0 radical (unpaired) electrons. The maximum atomic E-state index is 10.7. The highest BCUT2D eigenvalue weighted by molar-refractivity contribution is 7.81. The lowest BCUT2D eigenvalue weighted by Crippen LogP contribution is -2.27. The number of aliphatic carboxylic acids is 1. The van der Waals surface area contributed by atoms with Crippen molar-refractivity contribution in [2.24, 2.45) is 17.8 Å². The maximum Gasteiger partial charge on any atom is 0.308 e. The smallest absolute Gasteiger partial charge is 0.308 e. The molecule has 2 aliphatic rings. The monoisotopic (exact) mass is 170 g/mol. The molecule has 0 aromatic rings. The van der Waals surface area contributed by atoms with E-state index in [2.05, 4.69) is 18.7 Å². The van der Waals surface area contributed by atoms with E-state index in [-0.39, 0.29) is 17.1 Å². The molecule has 1 N–H and O–H groups in total. The van der Waals surface area contributed by atoms with Crippen molar-refractivity contribution in [1.82, 2.24) is 0 Å². The van der Waals surface area contributed by atoms with Gasteiger partial charge < -0.3 is 5.11 Å². The van der Waals surface area contributed by atoms with Crippen LogP contribution in [-0.4, -0.2) is 16.3 Å². The molecule has 2 rings (SSSR count). The number of carboxylic acids is 1. The van der Waals surface area contributed by atoms with Gasteiger partial charge in [-0.25, -0.2) is 0 Å². The molecule has 0 amide bonds. The number of rotatable bonds is 1. The summed E-state index contributed by atoms with van der Waals surface area (Å²) in [6.07, 6.45) is 5.11. The van der Waals surface area contributed by atoms with Crippen LogP contribution in [0.3, 0.4) is 0 Å². The Bertz CT molecular complexity index is 224. The van der Waals surface area contributed by atoms with Gasteiger partial charge in [0.2, 0.25) is 0 Å². The summed E-state index contributed by atoms with van der Waals surface area (Å²) in [7, 11) is 0. The molecule has 2 aliphatic carbocycles. The molecule has 0 aromatic carbocycles. The molecule has 4 unspecified atom stereocenters. The van der Waals surface area contributed by atoms with E-state index in [1.165, 1.54) is 0 Å². The minimum absolute atomic E-state index is 0.0440. The molecule has 0 aromatic heterocycles. The highest BCUT2D eigenvalue weighted by Crippen LogP contribution is 2.46. The normalized spacial score (nSPS) is 46.6. The van der Waals surface area contributed by atoms with Gasteiger partial charge in [0, 0.05) is 5.25 Å². The Kier molecular flexibility index (Phi) is 1.49. The van der Waals surface area contributed by atoms with Gasteiger partial charge in [0.25, 0.3) is 0 Å². The molecule has 11 heavy (non-hydrogen) atoms. The van der Waals surface area contributed by atoms with Crippen molar-refractivity contribution in [3.05, 3.63) is 12.2 Å². The van der Waals surface area contributed by atoms with Crippen molar-refractivity contribution in [1.29, 1.82) is 0 Å². The van der Waals surface area contributed by atoms with E-state index in [1.54, 1.807) is 0 Å². The third-order valence-electron chi connectivity index (χ3n) is 2.70. The Balaban J connectivity index is 2.25. The predicted molar refractivity (Wildman–Crippen MR) is 44.6 cm³/mol. The highest BCUT2D eigenvalue weighted by Gasteiger charge is 2.46. The van der Waals surface area contributed by atoms with Crippen molar-refractivity contribution < 1.29 is 9.90 Å². The number of carboxylic acid groups (broad SMARTS) is 1. The molecule has 0 heterocycles. The second-order valence-corrected chi connectivity index (χ2v) is 3.90. The van der Waals surface area contributed by atoms with Crippen LogP contribution in [0.15, 0.2) is 12.2 Å². The van der Waals surface area contributed by atoms with Gasteiger partial charge in [-0.1, -0.05) is 12.2 Å². The first-order valence-corrected chi connectivity index (χ1v) is 4.31. The summed E-state index contributed by atoms with van der Waals surface area (Å²) in [6.45, 7) is 0. The standard InChI is InChI=1S/C8H10O2S/c9-8(10)6-4-1-2-5(3-4)7(6)11/h1-2,4-7,11H,3H2,(H,9,10). The first-order chi connectivity index (χ1) is 5.20. The number of thiol groups is 1. The van der Waals surface area contributed by atoms with Gasteiger partial charge in [-0.3, -0.25) is 4.79 Å². The average molecular weight is 170 g/mol. The summed E-state index contributed by atoms with van der Waals surface area (Å²) >= 11 is 4.30. The van der Waals surface area contributed by atoms with Crippen molar-refractivity contribution in [3.63, 3.8) is 0 Å². The van der Waals surface area contributed by atoms with Crippen LogP contribution >= 0.6 is 12.6 Å². The molecule has 0 saturated heterocycles. The Morgan fingerprint density at radius 1 is 1.45 bits per heavy atom. The Morgan fingerprint density at radius 2 is 2.09 bits per heavy atom. The first-order valence-electron chi connectivity index (χ1n) is 3.79. The molecule has 0 aliphatic heterocycles. The molecule has 60 valence electrons. The van der Waals surface area contributed by atoms with Gasteiger partial charge in [0.1, 0.15) is 0 Å². The zero-order valence-corrected chi connectivity index (χ0v) is 6.87. The quantitative estimate of drug-likeness (QED) is 0.458. The number of hydrogen-bond donors (Lipinski definition) is 2. The molecular formula is C8H10O2S. The zero-order valence-electron chi connectivity index (χ0n) is 5.97. The molecule has 0 spiro atoms.